The van der Waals surface area contributed by atoms with Crippen LogP contribution in [0.4, 0.5) is 0 Å². The number of ketones is 1. The Morgan fingerprint density at radius 1 is 0.950 bits per heavy atom. The van der Waals surface area contributed by atoms with Gasteiger partial charge in [0.05, 0.1) is 0 Å². The highest BCUT2D eigenvalue weighted by molar-refractivity contribution is 9.10. The summed E-state index contributed by atoms with van der Waals surface area (Å²) in [6.45, 7) is 8.23. The van der Waals surface area contributed by atoms with Gasteiger partial charge in [0.25, 0.3) is 0 Å². The van der Waals surface area contributed by atoms with E-state index in [1.807, 2.05) is 25.1 Å². The summed E-state index contributed by atoms with van der Waals surface area (Å²) >= 11 is 3.44. The van der Waals surface area contributed by atoms with E-state index in [1.54, 1.807) is 0 Å². The lowest BCUT2D eigenvalue weighted by atomic mass is 9.92. The van der Waals surface area contributed by atoms with Crippen molar-refractivity contribution in [3.8, 4) is 0 Å². The lowest BCUT2D eigenvalue weighted by Crippen LogP contribution is -2.08. The molecule has 104 valence electrons. The molecule has 2 rings (SSSR count). The molecule has 2 heteroatoms. The van der Waals surface area contributed by atoms with Crippen LogP contribution in [0.2, 0.25) is 0 Å². The lowest BCUT2D eigenvalue weighted by molar-refractivity contribution is 0.0992. The Kier molecular flexibility index (Phi) is 4.44. The maximum absolute atomic E-state index is 12.6. The van der Waals surface area contributed by atoms with E-state index in [9.17, 15) is 4.79 Å². The van der Waals surface area contributed by atoms with Gasteiger partial charge in [-0.15, -0.1) is 0 Å². The fourth-order valence-electron chi connectivity index (χ4n) is 2.64. The highest BCUT2D eigenvalue weighted by Gasteiger charge is 2.13. The number of Topliss-reactive ketones (excluding diaryl/α,β-unsaturated/α-hetero) is 1. The normalized spacial score (nSPS) is 10.7. The first-order valence-corrected chi connectivity index (χ1v) is 7.54. The number of hydrogen-bond donors (Lipinski definition) is 0. The fourth-order valence-corrected chi connectivity index (χ4v) is 3.00. The molecule has 0 bridgehead atoms. The van der Waals surface area contributed by atoms with Crippen LogP contribution in [0.25, 0.3) is 0 Å². The van der Waals surface area contributed by atoms with Crippen molar-refractivity contribution >= 4 is 21.7 Å². The molecule has 0 N–H and O–H groups in total. The topological polar surface area (TPSA) is 17.1 Å². The van der Waals surface area contributed by atoms with Gasteiger partial charge in [0, 0.05) is 16.5 Å². The number of carbonyl (C=O) groups excluding carboxylic acids is 1. The highest BCUT2D eigenvalue weighted by atomic mass is 79.9. The van der Waals surface area contributed by atoms with Crippen molar-refractivity contribution in [2.45, 2.75) is 34.1 Å². The van der Waals surface area contributed by atoms with Crippen LogP contribution in [0.3, 0.4) is 0 Å². The van der Waals surface area contributed by atoms with Gasteiger partial charge in [-0.3, -0.25) is 4.79 Å². The van der Waals surface area contributed by atoms with Crippen LogP contribution in [0.1, 0.15) is 38.2 Å². The Balaban J connectivity index is 2.35. The van der Waals surface area contributed by atoms with Crippen molar-refractivity contribution in [3.05, 3.63) is 68.2 Å². The second kappa shape index (κ2) is 5.92. The summed E-state index contributed by atoms with van der Waals surface area (Å²) in [6, 6.07) is 10.1. The summed E-state index contributed by atoms with van der Waals surface area (Å²) in [4.78, 5) is 12.6. The molecular formula is C18H19BrO. The van der Waals surface area contributed by atoms with Crippen molar-refractivity contribution in [2.75, 3.05) is 0 Å². The summed E-state index contributed by atoms with van der Waals surface area (Å²) in [5, 5.41) is 0. The molecule has 0 heterocycles. The Labute approximate surface area is 129 Å². The van der Waals surface area contributed by atoms with E-state index in [0.29, 0.717) is 6.42 Å². The largest absolute Gasteiger partial charge is 0.294 e. The minimum absolute atomic E-state index is 0.179. The molecule has 0 radical (unpaired) electrons. The molecule has 20 heavy (non-hydrogen) atoms. The van der Waals surface area contributed by atoms with Gasteiger partial charge in [0.15, 0.2) is 5.78 Å². The van der Waals surface area contributed by atoms with Crippen LogP contribution >= 0.6 is 15.9 Å². The molecule has 0 saturated carbocycles. The van der Waals surface area contributed by atoms with Gasteiger partial charge in [0.2, 0.25) is 0 Å². The fraction of sp³-hybridized carbons (Fsp3) is 0.278. The summed E-state index contributed by atoms with van der Waals surface area (Å²) in [6.07, 6.45) is 0.467. The quantitative estimate of drug-likeness (QED) is 0.715. The molecular weight excluding hydrogens is 312 g/mol. The van der Waals surface area contributed by atoms with Gasteiger partial charge in [-0.05, 0) is 62.1 Å². The molecule has 2 aromatic carbocycles. The van der Waals surface area contributed by atoms with Crippen molar-refractivity contribution in [1.82, 2.24) is 0 Å². The van der Waals surface area contributed by atoms with E-state index in [2.05, 4.69) is 48.8 Å². The summed E-state index contributed by atoms with van der Waals surface area (Å²) < 4.78 is 0.948. The number of aryl methyl sites for hydroxylation is 4. The highest BCUT2D eigenvalue weighted by Crippen LogP contribution is 2.21. The number of rotatable bonds is 3. The monoisotopic (exact) mass is 330 g/mol. The van der Waals surface area contributed by atoms with Crippen LogP contribution in [-0.2, 0) is 6.42 Å². The van der Waals surface area contributed by atoms with Gasteiger partial charge < -0.3 is 0 Å². The molecule has 0 aliphatic heterocycles. The predicted octanol–water partition coefficient (Wildman–Crippen LogP) is 5.11. The molecule has 0 amide bonds. The Morgan fingerprint density at radius 3 is 2.15 bits per heavy atom. The molecule has 0 saturated heterocycles. The smallest absolute Gasteiger partial charge is 0.167 e. The van der Waals surface area contributed by atoms with E-state index in [1.165, 1.54) is 16.7 Å². The SMILES string of the molecule is Cc1cc(C)c(CC(=O)c2cc(Br)ccc2C)c(C)c1. The van der Waals surface area contributed by atoms with Crippen LogP contribution in [0.15, 0.2) is 34.8 Å². The van der Waals surface area contributed by atoms with Crippen molar-refractivity contribution < 1.29 is 4.79 Å². The average molecular weight is 331 g/mol. The Morgan fingerprint density at radius 2 is 1.55 bits per heavy atom. The number of halogens is 1. The molecule has 0 aliphatic rings. The lowest BCUT2D eigenvalue weighted by Gasteiger charge is -2.12. The molecule has 0 aliphatic carbocycles. The van der Waals surface area contributed by atoms with Crippen molar-refractivity contribution in [1.29, 1.82) is 0 Å². The van der Waals surface area contributed by atoms with Gasteiger partial charge in [-0.2, -0.15) is 0 Å². The van der Waals surface area contributed by atoms with E-state index in [-0.39, 0.29) is 5.78 Å². The molecule has 0 unspecified atom stereocenters. The second-order valence-electron chi connectivity index (χ2n) is 5.44. The third kappa shape index (κ3) is 3.18. The molecule has 2 aromatic rings. The van der Waals surface area contributed by atoms with Crippen molar-refractivity contribution in [2.24, 2.45) is 0 Å². The van der Waals surface area contributed by atoms with Gasteiger partial charge in [0.1, 0.15) is 0 Å². The van der Waals surface area contributed by atoms with E-state index >= 15 is 0 Å². The van der Waals surface area contributed by atoms with Crippen LogP contribution in [-0.4, -0.2) is 5.78 Å². The molecule has 0 spiro atoms. The zero-order valence-corrected chi connectivity index (χ0v) is 14.0. The zero-order chi connectivity index (χ0) is 14.9. The number of carbonyl (C=O) groups is 1. The third-order valence-electron chi connectivity index (χ3n) is 3.68. The number of hydrogen-bond acceptors (Lipinski definition) is 1. The molecule has 0 aromatic heterocycles. The van der Waals surface area contributed by atoms with E-state index in [0.717, 1.165) is 21.2 Å². The minimum atomic E-state index is 0.179. The summed E-state index contributed by atoms with van der Waals surface area (Å²) in [5.74, 6) is 0.179. The minimum Gasteiger partial charge on any atom is -0.294 e. The van der Waals surface area contributed by atoms with Gasteiger partial charge >= 0.3 is 0 Å². The average Bonchev–Trinajstić information content (AvgIpc) is 2.36. The van der Waals surface area contributed by atoms with Crippen LogP contribution in [0, 0.1) is 27.7 Å². The van der Waals surface area contributed by atoms with Gasteiger partial charge in [-0.25, -0.2) is 0 Å². The Bertz CT molecular complexity index is 648. The van der Waals surface area contributed by atoms with Crippen LogP contribution < -0.4 is 0 Å². The summed E-state index contributed by atoms with van der Waals surface area (Å²) in [5.41, 5.74) is 6.63. The molecule has 1 nitrogen and oxygen atoms in total. The van der Waals surface area contributed by atoms with E-state index < -0.39 is 0 Å². The number of benzene rings is 2. The molecule has 0 atom stereocenters. The first-order valence-electron chi connectivity index (χ1n) is 6.74. The molecule has 0 fully saturated rings. The Hall–Kier alpha value is -1.41. The third-order valence-corrected chi connectivity index (χ3v) is 4.17. The van der Waals surface area contributed by atoms with E-state index in [4.69, 9.17) is 0 Å². The summed E-state index contributed by atoms with van der Waals surface area (Å²) in [7, 11) is 0. The first kappa shape index (κ1) is 15.0. The van der Waals surface area contributed by atoms with Crippen molar-refractivity contribution in [3.63, 3.8) is 0 Å². The van der Waals surface area contributed by atoms with Crippen LogP contribution in [0.5, 0.6) is 0 Å². The first-order chi connectivity index (χ1) is 9.38. The predicted molar refractivity (Wildman–Crippen MR) is 87.6 cm³/mol. The van der Waals surface area contributed by atoms with Gasteiger partial charge in [-0.1, -0.05) is 39.7 Å². The maximum atomic E-state index is 12.6. The zero-order valence-electron chi connectivity index (χ0n) is 12.4. The standard InChI is InChI=1S/C18H19BrO/c1-11-7-13(3)16(14(4)8-11)10-18(20)17-9-15(19)6-5-12(17)2/h5-9H,10H2,1-4H3. The maximum Gasteiger partial charge on any atom is 0.167 e. The second-order valence-corrected chi connectivity index (χ2v) is 6.35.